The van der Waals surface area contributed by atoms with E-state index in [1.54, 1.807) is 7.11 Å². The number of ether oxygens (including phenoxy) is 2. The number of dihydropyridines is 1. The number of imidazole rings is 1. The highest BCUT2D eigenvalue weighted by Gasteiger charge is 2.18. The van der Waals surface area contributed by atoms with Crippen LogP contribution in [-0.2, 0) is 26.0 Å². The molecule has 6 nitrogen and oxygen atoms in total. The highest BCUT2D eigenvalue weighted by molar-refractivity contribution is 7.85. The monoisotopic (exact) mass is 375 g/mol. The second kappa shape index (κ2) is 9.09. The van der Waals surface area contributed by atoms with Gasteiger partial charge in [-0.2, -0.15) is 0 Å². The number of hydrogen-bond acceptors (Lipinski definition) is 5. The number of aliphatic imine (C=N–C) groups is 1. The summed E-state index contributed by atoms with van der Waals surface area (Å²) in [6, 6.07) is 7.83. The number of aromatic amines is 1. The van der Waals surface area contributed by atoms with Gasteiger partial charge >= 0.3 is 0 Å². The molecule has 1 aliphatic rings. The van der Waals surface area contributed by atoms with Crippen molar-refractivity contribution < 1.29 is 13.7 Å². The molecule has 7 heteroatoms. The third kappa shape index (κ3) is 4.80. The molecule has 2 heterocycles. The van der Waals surface area contributed by atoms with Crippen LogP contribution in [0.15, 0.2) is 40.6 Å². The van der Waals surface area contributed by atoms with Gasteiger partial charge in [-0.1, -0.05) is 12.1 Å². The highest BCUT2D eigenvalue weighted by Crippen LogP contribution is 2.19. The second-order valence-corrected chi connectivity index (χ2v) is 7.71. The minimum Gasteiger partial charge on any atom is -0.497 e. The average molecular weight is 375 g/mol. The van der Waals surface area contributed by atoms with Crippen molar-refractivity contribution in [2.75, 3.05) is 32.6 Å². The lowest BCUT2D eigenvalue weighted by molar-refractivity contribution is 0.140. The zero-order valence-corrected chi connectivity index (χ0v) is 16.1. The zero-order chi connectivity index (χ0) is 18.4. The van der Waals surface area contributed by atoms with Crippen molar-refractivity contribution >= 4 is 27.5 Å². The molecule has 3 rings (SSSR count). The first-order valence-electron chi connectivity index (χ1n) is 8.81. The van der Waals surface area contributed by atoms with Crippen molar-refractivity contribution in [3.63, 3.8) is 0 Å². The Hall–Kier alpha value is -1.99. The summed E-state index contributed by atoms with van der Waals surface area (Å²) in [7, 11) is 0.614. The Morgan fingerprint density at radius 1 is 1.23 bits per heavy atom. The van der Waals surface area contributed by atoms with Crippen LogP contribution in [0, 0.1) is 0 Å². The summed E-state index contributed by atoms with van der Waals surface area (Å²) >= 11 is 0. The number of allylic oxidation sites excluding steroid dienone is 1. The van der Waals surface area contributed by atoms with Gasteiger partial charge in [0, 0.05) is 49.5 Å². The molecule has 0 bridgehead atoms. The maximum Gasteiger partial charge on any atom is 0.119 e. The summed E-state index contributed by atoms with van der Waals surface area (Å²) in [6.45, 7) is 4.01. The number of methoxy groups -OCH3 is 1. The molecule has 26 heavy (non-hydrogen) atoms. The number of benzene rings is 1. The Kier molecular flexibility index (Phi) is 6.57. The molecule has 1 aromatic heterocycles. The highest BCUT2D eigenvalue weighted by atomic mass is 32.2. The lowest BCUT2D eigenvalue weighted by atomic mass is 10.1. The Morgan fingerprint density at radius 2 is 2.08 bits per heavy atom. The minimum atomic E-state index is -1.07. The molecule has 0 saturated heterocycles. The van der Waals surface area contributed by atoms with E-state index in [9.17, 15) is 4.21 Å². The Balaban J connectivity index is 1.59. The lowest BCUT2D eigenvalue weighted by Gasteiger charge is -2.19. The molecule has 0 aliphatic carbocycles. The Bertz CT molecular complexity index is 808. The first kappa shape index (κ1) is 18.8. The summed E-state index contributed by atoms with van der Waals surface area (Å²) in [5, 5.41) is 0. The SMILES string of the molecule is COCCCOC1=C(C)C(CS(=O)Cc2nc3ccccc3[nH]2)=NCC1. The number of aromatic nitrogens is 2. The van der Waals surface area contributed by atoms with Crippen LogP contribution in [-0.4, -0.2) is 52.5 Å². The molecule has 0 amide bonds. The molecule has 2 aromatic rings. The molecule has 1 unspecified atom stereocenters. The fraction of sp³-hybridized carbons (Fsp3) is 0.474. The molecule has 1 N–H and O–H groups in total. The molecular weight excluding hydrogens is 350 g/mol. The molecule has 140 valence electrons. The lowest BCUT2D eigenvalue weighted by Crippen LogP contribution is -2.20. The van der Waals surface area contributed by atoms with E-state index in [0.29, 0.717) is 31.3 Å². The van der Waals surface area contributed by atoms with Gasteiger partial charge < -0.3 is 14.5 Å². The molecule has 0 radical (unpaired) electrons. The molecule has 1 aliphatic heterocycles. The smallest absolute Gasteiger partial charge is 0.119 e. The van der Waals surface area contributed by atoms with Gasteiger partial charge in [0.1, 0.15) is 11.6 Å². The molecule has 1 atom stereocenters. The van der Waals surface area contributed by atoms with Gasteiger partial charge in [-0.25, -0.2) is 4.98 Å². The van der Waals surface area contributed by atoms with Crippen molar-refractivity contribution in [2.45, 2.75) is 25.5 Å². The summed E-state index contributed by atoms with van der Waals surface area (Å²) in [5.74, 6) is 2.53. The van der Waals surface area contributed by atoms with Gasteiger partial charge in [0.15, 0.2) is 0 Å². The van der Waals surface area contributed by atoms with Crippen molar-refractivity contribution in [3.8, 4) is 0 Å². The first-order valence-corrected chi connectivity index (χ1v) is 10.3. The molecular formula is C19H25N3O3S. The number of para-hydroxylation sites is 2. The van der Waals surface area contributed by atoms with Crippen molar-refractivity contribution in [1.82, 2.24) is 9.97 Å². The van der Waals surface area contributed by atoms with Crippen LogP contribution in [0.3, 0.4) is 0 Å². The number of hydrogen-bond donors (Lipinski definition) is 1. The fourth-order valence-corrected chi connectivity index (χ4v) is 4.08. The predicted octanol–water partition coefficient (Wildman–Crippen LogP) is 2.98. The quantitative estimate of drug-likeness (QED) is 0.684. The standard InChI is InChI=1S/C19H25N3O3S/c1-14-17(20-9-8-18(14)25-11-5-10-24-2)12-26(23)13-19-21-15-6-3-4-7-16(15)22-19/h3-4,6-7H,5,8-13H2,1-2H3,(H,21,22). The van der Waals surface area contributed by atoms with Gasteiger partial charge in [-0.05, 0) is 19.1 Å². The largest absolute Gasteiger partial charge is 0.497 e. The van der Waals surface area contributed by atoms with E-state index in [1.165, 1.54) is 0 Å². The summed E-state index contributed by atoms with van der Waals surface area (Å²) in [5.41, 5.74) is 3.77. The van der Waals surface area contributed by atoms with Crippen LogP contribution >= 0.6 is 0 Å². The normalized spacial score (nSPS) is 16.0. The van der Waals surface area contributed by atoms with Crippen LogP contribution in [0.2, 0.25) is 0 Å². The predicted molar refractivity (Wildman–Crippen MR) is 105 cm³/mol. The van der Waals surface area contributed by atoms with Crippen LogP contribution in [0.5, 0.6) is 0 Å². The van der Waals surface area contributed by atoms with Crippen molar-refractivity contribution in [2.24, 2.45) is 4.99 Å². The fourth-order valence-electron chi connectivity index (χ4n) is 2.92. The Morgan fingerprint density at radius 3 is 2.88 bits per heavy atom. The maximum atomic E-state index is 12.6. The van der Waals surface area contributed by atoms with E-state index in [-0.39, 0.29) is 0 Å². The van der Waals surface area contributed by atoms with E-state index in [1.807, 2.05) is 31.2 Å². The van der Waals surface area contributed by atoms with Crippen LogP contribution < -0.4 is 0 Å². The second-order valence-electron chi connectivity index (χ2n) is 6.25. The molecule has 0 spiro atoms. The number of nitrogens with zero attached hydrogens (tertiary/aromatic N) is 2. The van der Waals surface area contributed by atoms with Gasteiger partial charge in [0.2, 0.25) is 0 Å². The van der Waals surface area contributed by atoms with E-state index in [2.05, 4.69) is 15.0 Å². The third-order valence-electron chi connectivity index (χ3n) is 4.30. The minimum absolute atomic E-state index is 0.394. The Labute approximate surface area is 156 Å². The van der Waals surface area contributed by atoms with Crippen LogP contribution in [0.1, 0.15) is 25.6 Å². The summed E-state index contributed by atoms with van der Waals surface area (Å²) < 4.78 is 23.5. The van der Waals surface area contributed by atoms with Crippen LogP contribution in [0.4, 0.5) is 0 Å². The number of rotatable bonds is 9. The van der Waals surface area contributed by atoms with Crippen molar-refractivity contribution in [1.29, 1.82) is 0 Å². The number of fused-ring (bicyclic) bond motifs is 1. The average Bonchev–Trinajstić information content (AvgIpc) is 3.03. The zero-order valence-electron chi connectivity index (χ0n) is 15.3. The van der Waals surface area contributed by atoms with E-state index in [0.717, 1.165) is 46.7 Å². The number of H-pyrrole nitrogens is 1. The summed E-state index contributed by atoms with van der Waals surface area (Å²) in [6.07, 6.45) is 1.66. The van der Waals surface area contributed by atoms with Gasteiger partial charge in [0.05, 0.1) is 34.9 Å². The maximum absolute atomic E-state index is 12.6. The topological polar surface area (TPSA) is 76.6 Å². The van der Waals surface area contributed by atoms with E-state index >= 15 is 0 Å². The van der Waals surface area contributed by atoms with Crippen molar-refractivity contribution in [3.05, 3.63) is 41.4 Å². The number of nitrogens with one attached hydrogen (secondary N) is 1. The summed E-state index contributed by atoms with van der Waals surface area (Å²) in [4.78, 5) is 12.3. The first-order chi connectivity index (χ1) is 12.7. The van der Waals surface area contributed by atoms with Gasteiger partial charge in [0.25, 0.3) is 0 Å². The van der Waals surface area contributed by atoms with Gasteiger partial charge in [-0.15, -0.1) is 0 Å². The van der Waals surface area contributed by atoms with E-state index in [4.69, 9.17) is 9.47 Å². The molecule has 1 aromatic carbocycles. The van der Waals surface area contributed by atoms with Gasteiger partial charge in [-0.3, -0.25) is 9.20 Å². The molecule has 0 fully saturated rings. The van der Waals surface area contributed by atoms with E-state index < -0.39 is 10.8 Å². The van der Waals surface area contributed by atoms with Crippen LogP contribution in [0.25, 0.3) is 11.0 Å². The third-order valence-corrected chi connectivity index (χ3v) is 5.49. The molecule has 0 saturated carbocycles.